The summed E-state index contributed by atoms with van der Waals surface area (Å²) < 4.78 is 1.71. The first kappa shape index (κ1) is 17.0. The predicted molar refractivity (Wildman–Crippen MR) is 83.8 cm³/mol. The minimum Gasteiger partial charge on any atom is -0.503 e. The summed E-state index contributed by atoms with van der Waals surface area (Å²) >= 11 is 0. The largest absolute Gasteiger partial charge is 0.503 e. The minimum absolute atomic E-state index is 0.157. The highest BCUT2D eigenvalue weighted by Gasteiger charge is 2.28. The summed E-state index contributed by atoms with van der Waals surface area (Å²) in [6.45, 7) is 5.46. The van der Waals surface area contributed by atoms with Gasteiger partial charge in [-0.05, 0) is 39.8 Å². The van der Waals surface area contributed by atoms with Crippen molar-refractivity contribution in [3.8, 4) is 5.75 Å². The number of aromatic hydroxyl groups is 1. The normalized spacial score (nSPS) is 16.9. The van der Waals surface area contributed by atoms with Gasteiger partial charge in [-0.2, -0.15) is 0 Å². The summed E-state index contributed by atoms with van der Waals surface area (Å²) in [6, 6.07) is 1.24. The van der Waals surface area contributed by atoms with Gasteiger partial charge in [-0.25, -0.2) is 0 Å². The first-order chi connectivity index (χ1) is 10.4. The molecule has 2 rings (SSSR count). The highest BCUT2D eigenvalue weighted by Crippen LogP contribution is 2.26. The van der Waals surface area contributed by atoms with Crippen molar-refractivity contribution in [1.82, 2.24) is 9.47 Å². The number of aliphatic hydroxyl groups excluding tert-OH is 2. The molecule has 0 aromatic carbocycles. The number of piperidine rings is 1. The van der Waals surface area contributed by atoms with Crippen molar-refractivity contribution < 1.29 is 15.3 Å². The molecule has 1 aromatic rings. The van der Waals surface area contributed by atoms with Crippen molar-refractivity contribution in [1.29, 1.82) is 0 Å². The zero-order valence-electron chi connectivity index (χ0n) is 13.4. The number of nitrogens with zero attached hydrogens (tertiary/aromatic N) is 2. The molecule has 2 heterocycles. The molecule has 1 aromatic heterocycles. The van der Waals surface area contributed by atoms with Gasteiger partial charge >= 0.3 is 0 Å². The SMILES string of the molecule is CC(C)(CO)n1c(CO)cc(=O)c(O)c1CN1CCCCC1. The molecule has 0 atom stereocenters. The van der Waals surface area contributed by atoms with Crippen LogP contribution in [0.2, 0.25) is 0 Å². The van der Waals surface area contributed by atoms with Crippen molar-refractivity contribution in [2.45, 2.75) is 51.8 Å². The van der Waals surface area contributed by atoms with Gasteiger partial charge in [-0.1, -0.05) is 6.42 Å². The lowest BCUT2D eigenvalue weighted by atomic mass is 10.0. The van der Waals surface area contributed by atoms with Crippen LogP contribution >= 0.6 is 0 Å². The lowest BCUT2D eigenvalue weighted by molar-refractivity contribution is 0.139. The summed E-state index contributed by atoms with van der Waals surface area (Å²) in [7, 11) is 0. The lowest BCUT2D eigenvalue weighted by Gasteiger charge is -2.35. The monoisotopic (exact) mass is 310 g/mol. The molecular weight excluding hydrogens is 284 g/mol. The van der Waals surface area contributed by atoms with Crippen molar-refractivity contribution in [3.63, 3.8) is 0 Å². The van der Waals surface area contributed by atoms with E-state index in [-0.39, 0.29) is 19.0 Å². The van der Waals surface area contributed by atoms with E-state index >= 15 is 0 Å². The van der Waals surface area contributed by atoms with Crippen LogP contribution in [0, 0.1) is 0 Å². The highest BCUT2D eigenvalue weighted by atomic mass is 16.3. The Balaban J connectivity index is 2.52. The molecule has 22 heavy (non-hydrogen) atoms. The van der Waals surface area contributed by atoms with E-state index in [0.29, 0.717) is 17.9 Å². The van der Waals surface area contributed by atoms with E-state index in [1.807, 2.05) is 13.8 Å². The van der Waals surface area contributed by atoms with Gasteiger partial charge in [0.1, 0.15) is 0 Å². The third kappa shape index (κ3) is 3.34. The molecule has 1 fully saturated rings. The van der Waals surface area contributed by atoms with E-state index in [4.69, 9.17) is 0 Å². The van der Waals surface area contributed by atoms with Crippen molar-refractivity contribution in [3.05, 3.63) is 27.7 Å². The topological polar surface area (TPSA) is 85.9 Å². The highest BCUT2D eigenvalue weighted by molar-refractivity contribution is 5.31. The Morgan fingerprint density at radius 1 is 1.18 bits per heavy atom. The molecule has 6 heteroatoms. The molecule has 124 valence electrons. The Labute approximate surface area is 130 Å². The van der Waals surface area contributed by atoms with E-state index in [2.05, 4.69) is 4.90 Å². The van der Waals surface area contributed by atoms with E-state index in [9.17, 15) is 20.1 Å². The standard InChI is InChI=1S/C16H26N2O4/c1-16(2,11-20)18-12(10-19)8-14(21)15(22)13(18)9-17-6-4-3-5-7-17/h8,19-20,22H,3-7,9-11H2,1-2H3. The van der Waals surface area contributed by atoms with E-state index in [1.165, 1.54) is 12.5 Å². The van der Waals surface area contributed by atoms with Gasteiger partial charge in [-0.3, -0.25) is 9.69 Å². The fourth-order valence-electron chi connectivity index (χ4n) is 3.12. The van der Waals surface area contributed by atoms with Crippen LogP contribution in [0.5, 0.6) is 5.75 Å². The molecule has 0 aliphatic carbocycles. The van der Waals surface area contributed by atoms with Gasteiger partial charge < -0.3 is 19.9 Å². The second-order valence-corrected chi connectivity index (χ2v) is 6.60. The van der Waals surface area contributed by atoms with Crippen LogP contribution in [-0.4, -0.2) is 44.5 Å². The third-order valence-electron chi connectivity index (χ3n) is 4.34. The Morgan fingerprint density at radius 2 is 1.82 bits per heavy atom. The average Bonchev–Trinajstić information content (AvgIpc) is 2.52. The summed E-state index contributed by atoms with van der Waals surface area (Å²) in [4.78, 5) is 14.2. The van der Waals surface area contributed by atoms with Crippen LogP contribution in [0.4, 0.5) is 0 Å². The first-order valence-electron chi connectivity index (χ1n) is 7.82. The number of aromatic nitrogens is 1. The average molecular weight is 310 g/mol. The van der Waals surface area contributed by atoms with Gasteiger partial charge in [0.25, 0.3) is 0 Å². The van der Waals surface area contributed by atoms with Gasteiger partial charge in [-0.15, -0.1) is 0 Å². The quantitative estimate of drug-likeness (QED) is 0.747. The Morgan fingerprint density at radius 3 is 2.36 bits per heavy atom. The number of rotatable bonds is 5. The maximum Gasteiger partial charge on any atom is 0.223 e. The number of hydrogen-bond acceptors (Lipinski definition) is 5. The van der Waals surface area contributed by atoms with Gasteiger partial charge in [0.05, 0.1) is 24.4 Å². The molecule has 0 radical (unpaired) electrons. The van der Waals surface area contributed by atoms with Crippen LogP contribution in [0.25, 0.3) is 0 Å². The molecule has 0 amide bonds. The van der Waals surface area contributed by atoms with Crippen LogP contribution in [-0.2, 0) is 18.7 Å². The van der Waals surface area contributed by atoms with E-state index in [0.717, 1.165) is 25.9 Å². The van der Waals surface area contributed by atoms with Crippen LogP contribution in [0.1, 0.15) is 44.5 Å². The maximum atomic E-state index is 12.0. The van der Waals surface area contributed by atoms with E-state index < -0.39 is 11.0 Å². The van der Waals surface area contributed by atoms with Crippen LogP contribution < -0.4 is 5.43 Å². The van der Waals surface area contributed by atoms with Crippen molar-refractivity contribution in [2.75, 3.05) is 19.7 Å². The zero-order valence-corrected chi connectivity index (χ0v) is 13.4. The van der Waals surface area contributed by atoms with E-state index in [1.54, 1.807) is 4.57 Å². The molecule has 3 N–H and O–H groups in total. The Bertz CT molecular complexity index is 574. The van der Waals surface area contributed by atoms with Gasteiger partial charge in [0, 0.05) is 18.3 Å². The first-order valence-corrected chi connectivity index (χ1v) is 7.82. The summed E-state index contributed by atoms with van der Waals surface area (Å²) in [6.07, 6.45) is 3.41. The zero-order chi connectivity index (χ0) is 16.3. The summed E-state index contributed by atoms with van der Waals surface area (Å²) in [5.41, 5.74) is -0.318. The Hall–Kier alpha value is -1.37. The maximum absolute atomic E-state index is 12.0. The van der Waals surface area contributed by atoms with Gasteiger partial charge in [0.15, 0.2) is 5.75 Å². The molecule has 1 aliphatic heterocycles. The molecule has 1 saturated heterocycles. The minimum atomic E-state index is -0.714. The summed E-state index contributed by atoms with van der Waals surface area (Å²) in [5.74, 6) is -0.288. The fourth-order valence-corrected chi connectivity index (χ4v) is 3.12. The Kier molecular flexibility index (Phi) is 5.26. The van der Waals surface area contributed by atoms with Crippen LogP contribution in [0.15, 0.2) is 10.9 Å². The molecule has 0 spiro atoms. The third-order valence-corrected chi connectivity index (χ3v) is 4.34. The second-order valence-electron chi connectivity index (χ2n) is 6.60. The smallest absolute Gasteiger partial charge is 0.223 e. The number of likely N-dealkylation sites (tertiary alicyclic amines) is 1. The number of pyridine rings is 1. The van der Waals surface area contributed by atoms with Crippen LogP contribution in [0.3, 0.4) is 0 Å². The van der Waals surface area contributed by atoms with Gasteiger partial charge in [0.2, 0.25) is 5.43 Å². The molecule has 0 bridgehead atoms. The second kappa shape index (κ2) is 6.81. The van der Waals surface area contributed by atoms with Crippen molar-refractivity contribution in [2.24, 2.45) is 0 Å². The molecule has 0 unspecified atom stereocenters. The lowest BCUT2D eigenvalue weighted by Crippen LogP contribution is -2.39. The number of aliphatic hydroxyl groups is 2. The fraction of sp³-hybridized carbons (Fsp3) is 0.688. The summed E-state index contributed by atoms with van der Waals surface area (Å²) in [5, 5.41) is 29.5. The molecule has 6 nitrogen and oxygen atoms in total. The predicted octanol–water partition coefficient (Wildman–Crippen LogP) is 0.759. The van der Waals surface area contributed by atoms with Crippen molar-refractivity contribution >= 4 is 0 Å². The molecule has 1 aliphatic rings. The number of hydrogen-bond donors (Lipinski definition) is 3. The molecule has 0 saturated carbocycles. The molecular formula is C16H26N2O4.